The molecule has 0 N–H and O–H groups in total. The summed E-state index contributed by atoms with van der Waals surface area (Å²) in [4.78, 5) is 5.79. The zero-order valence-corrected chi connectivity index (χ0v) is 15.6. The van der Waals surface area contributed by atoms with Gasteiger partial charge in [-0.2, -0.15) is 5.26 Å². The standard InChI is InChI=1S/C19H14F3N5S/c1-27(19(8-12(20)9-19)16-15(22)3-2-6-24-16)18-26-25-17(28-18)13-7-11(10-23)4-5-14(13)21/h2-7,12H,8-9H2,1H3. The minimum absolute atomic E-state index is 0.0740. The summed E-state index contributed by atoms with van der Waals surface area (Å²) in [5.74, 6) is -1.04. The number of alkyl halides is 1. The van der Waals surface area contributed by atoms with Gasteiger partial charge in [0.1, 0.15) is 23.5 Å². The van der Waals surface area contributed by atoms with Crippen LogP contribution in [0.5, 0.6) is 0 Å². The number of halogens is 3. The Morgan fingerprint density at radius 2 is 2.00 bits per heavy atom. The molecule has 1 aliphatic carbocycles. The van der Waals surface area contributed by atoms with E-state index in [0.717, 1.165) is 11.3 Å². The minimum Gasteiger partial charge on any atom is -0.338 e. The van der Waals surface area contributed by atoms with E-state index in [2.05, 4.69) is 15.2 Å². The smallest absolute Gasteiger partial charge is 0.209 e. The monoisotopic (exact) mass is 401 g/mol. The normalized spacial score (nSPS) is 21.0. The molecule has 1 aliphatic rings. The SMILES string of the molecule is CN(c1nnc(-c2cc(C#N)ccc2F)s1)C1(c2ncccc2F)CC(F)C1. The van der Waals surface area contributed by atoms with Crippen molar-refractivity contribution in [3.63, 3.8) is 0 Å². The number of rotatable bonds is 4. The Kier molecular flexibility index (Phi) is 4.51. The molecule has 4 rings (SSSR count). The quantitative estimate of drug-likeness (QED) is 0.655. The van der Waals surface area contributed by atoms with Gasteiger partial charge in [-0.05, 0) is 30.3 Å². The fourth-order valence-electron chi connectivity index (χ4n) is 3.43. The van der Waals surface area contributed by atoms with Crippen molar-refractivity contribution in [2.24, 2.45) is 0 Å². The van der Waals surface area contributed by atoms with E-state index in [4.69, 9.17) is 5.26 Å². The van der Waals surface area contributed by atoms with Crippen LogP contribution in [-0.2, 0) is 5.54 Å². The maximum Gasteiger partial charge on any atom is 0.209 e. The molecule has 28 heavy (non-hydrogen) atoms. The number of pyridine rings is 1. The van der Waals surface area contributed by atoms with Gasteiger partial charge in [-0.3, -0.25) is 4.98 Å². The van der Waals surface area contributed by atoms with Gasteiger partial charge >= 0.3 is 0 Å². The molecule has 0 amide bonds. The lowest BCUT2D eigenvalue weighted by molar-refractivity contribution is 0.0870. The third kappa shape index (κ3) is 2.90. The third-order valence-corrected chi connectivity index (χ3v) is 6.02. The van der Waals surface area contributed by atoms with Crippen LogP contribution in [0, 0.1) is 23.0 Å². The molecule has 9 heteroatoms. The molecule has 0 aliphatic heterocycles. The Labute approximate surface area is 163 Å². The van der Waals surface area contributed by atoms with Gasteiger partial charge in [0, 0.05) is 31.6 Å². The molecule has 0 radical (unpaired) electrons. The molecule has 0 saturated heterocycles. The lowest BCUT2D eigenvalue weighted by Gasteiger charge is -2.49. The number of nitriles is 1. The Bertz CT molecular complexity index is 1070. The highest BCUT2D eigenvalue weighted by Gasteiger charge is 2.52. The molecule has 0 spiro atoms. The van der Waals surface area contributed by atoms with Crippen molar-refractivity contribution in [1.29, 1.82) is 5.26 Å². The molecule has 3 aromatic rings. The maximum absolute atomic E-state index is 14.4. The molecule has 0 bridgehead atoms. The van der Waals surface area contributed by atoms with Crippen LogP contribution >= 0.6 is 11.3 Å². The first-order valence-corrected chi connectivity index (χ1v) is 9.28. The first kappa shape index (κ1) is 18.4. The number of benzene rings is 1. The van der Waals surface area contributed by atoms with Crippen molar-refractivity contribution in [2.75, 3.05) is 11.9 Å². The lowest BCUT2D eigenvalue weighted by Crippen LogP contribution is -2.55. The van der Waals surface area contributed by atoms with Crippen molar-refractivity contribution in [3.05, 3.63) is 59.4 Å². The maximum atomic E-state index is 14.4. The molecule has 2 aromatic heterocycles. The molecule has 1 aromatic carbocycles. The second-order valence-corrected chi connectivity index (χ2v) is 7.58. The van der Waals surface area contributed by atoms with Crippen molar-refractivity contribution in [3.8, 4) is 16.6 Å². The highest BCUT2D eigenvalue weighted by atomic mass is 32.1. The fourth-order valence-corrected chi connectivity index (χ4v) is 4.34. The average molecular weight is 401 g/mol. The van der Waals surface area contributed by atoms with Crippen molar-refractivity contribution in [2.45, 2.75) is 24.6 Å². The summed E-state index contributed by atoms with van der Waals surface area (Å²) in [6, 6.07) is 8.70. The van der Waals surface area contributed by atoms with E-state index < -0.39 is 23.3 Å². The van der Waals surface area contributed by atoms with Crippen LogP contribution in [0.25, 0.3) is 10.6 Å². The van der Waals surface area contributed by atoms with Gasteiger partial charge in [-0.1, -0.05) is 11.3 Å². The first-order valence-electron chi connectivity index (χ1n) is 8.47. The molecule has 1 fully saturated rings. The molecule has 0 atom stereocenters. The third-order valence-electron chi connectivity index (χ3n) is 4.99. The van der Waals surface area contributed by atoms with Crippen LogP contribution in [0.1, 0.15) is 24.1 Å². The summed E-state index contributed by atoms with van der Waals surface area (Å²) in [7, 11) is 1.67. The van der Waals surface area contributed by atoms with Crippen LogP contribution in [-0.4, -0.2) is 28.4 Å². The molecular weight excluding hydrogens is 387 g/mol. The zero-order chi connectivity index (χ0) is 19.9. The van der Waals surface area contributed by atoms with Crippen molar-refractivity contribution in [1.82, 2.24) is 15.2 Å². The van der Waals surface area contributed by atoms with E-state index in [0.29, 0.717) is 10.7 Å². The fraction of sp³-hybridized carbons (Fsp3) is 0.263. The van der Waals surface area contributed by atoms with Crippen LogP contribution in [0.4, 0.5) is 18.3 Å². The summed E-state index contributed by atoms with van der Waals surface area (Å²) in [5.41, 5.74) is -0.367. The van der Waals surface area contributed by atoms with Crippen molar-refractivity contribution < 1.29 is 13.2 Å². The summed E-state index contributed by atoms with van der Waals surface area (Å²) >= 11 is 1.09. The van der Waals surface area contributed by atoms with Gasteiger partial charge < -0.3 is 4.90 Å². The Balaban J connectivity index is 1.72. The molecular formula is C19H14F3N5S. The number of hydrogen-bond donors (Lipinski definition) is 0. The van der Waals surface area contributed by atoms with Crippen LogP contribution < -0.4 is 4.90 Å². The van der Waals surface area contributed by atoms with Crippen LogP contribution in [0.2, 0.25) is 0 Å². The van der Waals surface area contributed by atoms with Crippen LogP contribution in [0.15, 0.2) is 36.5 Å². The number of aromatic nitrogens is 3. The van der Waals surface area contributed by atoms with Gasteiger partial charge in [0.05, 0.1) is 17.2 Å². The van der Waals surface area contributed by atoms with E-state index >= 15 is 0 Å². The minimum atomic E-state index is -1.07. The van der Waals surface area contributed by atoms with Gasteiger partial charge in [0.2, 0.25) is 5.13 Å². The molecule has 5 nitrogen and oxygen atoms in total. The van der Waals surface area contributed by atoms with Gasteiger partial charge in [0.15, 0.2) is 5.01 Å². The molecule has 142 valence electrons. The summed E-state index contributed by atoms with van der Waals surface area (Å²) in [6.07, 6.45) is 0.546. The topological polar surface area (TPSA) is 65.7 Å². The van der Waals surface area contributed by atoms with E-state index in [9.17, 15) is 13.2 Å². The van der Waals surface area contributed by atoms with Crippen molar-refractivity contribution >= 4 is 16.5 Å². The summed E-state index contributed by atoms with van der Waals surface area (Å²) in [6.45, 7) is 0. The lowest BCUT2D eigenvalue weighted by atomic mass is 9.71. The first-order chi connectivity index (χ1) is 13.4. The predicted molar refractivity (Wildman–Crippen MR) is 98.4 cm³/mol. The highest BCUT2D eigenvalue weighted by molar-refractivity contribution is 7.18. The second-order valence-electron chi connectivity index (χ2n) is 6.63. The Morgan fingerprint density at radius 3 is 2.68 bits per heavy atom. The van der Waals surface area contributed by atoms with Crippen LogP contribution in [0.3, 0.4) is 0 Å². The molecule has 1 saturated carbocycles. The molecule has 2 heterocycles. The predicted octanol–water partition coefficient (Wildman–Crippen LogP) is 4.21. The zero-order valence-electron chi connectivity index (χ0n) is 14.7. The number of anilines is 1. The highest BCUT2D eigenvalue weighted by Crippen LogP contribution is 2.49. The number of hydrogen-bond acceptors (Lipinski definition) is 6. The molecule has 0 unspecified atom stereocenters. The van der Waals surface area contributed by atoms with E-state index in [1.807, 2.05) is 6.07 Å². The van der Waals surface area contributed by atoms with E-state index in [1.165, 1.54) is 36.5 Å². The Hall–Kier alpha value is -2.99. The Morgan fingerprint density at radius 1 is 1.21 bits per heavy atom. The second kappa shape index (κ2) is 6.87. The van der Waals surface area contributed by atoms with Gasteiger partial charge in [-0.25, -0.2) is 13.2 Å². The largest absolute Gasteiger partial charge is 0.338 e. The van der Waals surface area contributed by atoms with E-state index in [1.54, 1.807) is 11.9 Å². The number of nitrogens with zero attached hydrogens (tertiary/aromatic N) is 5. The van der Waals surface area contributed by atoms with Gasteiger partial charge in [0.25, 0.3) is 0 Å². The summed E-state index contributed by atoms with van der Waals surface area (Å²) in [5, 5.41) is 17.8. The average Bonchev–Trinajstić information content (AvgIpc) is 3.15. The van der Waals surface area contributed by atoms with E-state index in [-0.39, 0.29) is 29.1 Å². The summed E-state index contributed by atoms with van der Waals surface area (Å²) < 4.78 is 42.4. The van der Waals surface area contributed by atoms with Gasteiger partial charge in [-0.15, -0.1) is 10.2 Å².